The highest BCUT2D eigenvalue weighted by molar-refractivity contribution is 6.16. The molecule has 7 heteroatoms. The lowest BCUT2D eigenvalue weighted by molar-refractivity contribution is 1.01. The third-order valence-corrected chi connectivity index (χ3v) is 9.41. The molecule has 0 saturated carbocycles. The van der Waals surface area contributed by atoms with Crippen molar-refractivity contribution in [1.82, 2.24) is 33.3 Å². The van der Waals surface area contributed by atoms with Gasteiger partial charge in [-0.2, -0.15) is 0 Å². The average molecular weight is 602 g/mol. The zero-order valence-corrected chi connectivity index (χ0v) is 24.9. The number of para-hydroxylation sites is 6. The fourth-order valence-electron chi connectivity index (χ4n) is 7.37. The van der Waals surface area contributed by atoms with Crippen LogP contribution in [0.15, 0.2) is 140 Å². The Morgan fingerprint density at radius 2 is 1.00 bits per heavy atom. The van der Waals surface area contributed by atoms with Crippen molar-refractivity contribution in [2.24, 2.45) is 0 Å². The molecule has 0 saturated heterocycles. The molecule has 5 heterocycles. The molecule has 0 aliphatic rings. The summed E-state index contributed by atoms with van der Waals surface area (Å²) < 4.78 is 6.67. The Hall–Kier alpha value is -6.60. The number of imidazole rings is 2. The second kappa shape index (κ2) is 8.99. The number of aromatic nitrogens is 7. The molecular weight excluding hydrogens is 578 g/mol. The number of fused-ring (bicyclic) bond motifs is 14. The Balaban J connectivity index is 1.34. The molecule has 0 radical (unpaired) electrons. The molecule has 11 aromatic rings. The van der Waals surface area contributed by atoms with Gasteiger partial charge in [0.2, 0.25) is 11.7 Å². The number of hydrogen-bond acceptors (Lipinski definition) is 4. The van der Waals surface area contributed by atoms with Crippen LogP contribution in [-0.4, -0.2) is 33.3 Å². The van der Waals surface area contributed by atoms with Crippen molar-refractivity contribution >= 4 is 77.1 Å². The third-order valence-electron chi connectivity index (χ3n) is 9.41. The van der Waals surface area contributed by atoms with E-state index in [2.05, 4.69) is 123 Å². The summed E-state index contributed by atoms with van der Waals surface area (Å²) in [5.74, 6) is 1.47. The SMILES string of the molecule is c1ccc(-c2nc(-n3c4ccccc4c4cc5c(cc43)c3nc4ccccc4n3c3nc4ccccc4n53)nc3ccccc23)cc1. The third kappa shape index (κ3) is 3.29. The van der Waals surface area contributed by atoms with Crippen molar-refractivity contribution in [1.29, 1.82) is 0 Å². The lowest BCUT2D eigenvalue weighted by Crippen LogP contribution is -2.04. The van der Waals surface area contributed by atoms with Crippen LogP contribution in [-0.2, 0) is 0 Å². The van der Waals surface area contributed by atoms with Gasteiger partial charge in [0.15, 0.2) is 0 Å². The molecule has 5 aromatic heterocycles. The van der Waals surface area contributed by atoms with Gasteiger partial charge in [-0.3, -0.25) is 13.4 Å². The number of rotatable bonds is 2. The fraction of sp³-hybridized carbons (Fsp3) is 0. The van der Waals surface area contributed by atoms with E-state index in [0.717, 1.165) is 88.4 Å². The number of nitrogens with zero attached hydrogens (tertiary/aromatic N) is 7. The maximum atomic E-state index is 5.29. The highest BCUT2D eigenvalue weighted by atomic mass is 15.2. The van der Waals surface area contributed by atoms with Gasteiger partial charge in [0.25, 0.3) is 0 Å². The van der Waals surface area contributed by atoms with Crippen molar-refractivity contribution in [2.45, 2.75) is 0 Å². The van der Waals surface area contributed by atoms with Crippen LogP contribution in [0.3, 0.4) is 0 Å². The zero-order chi connectivity index (χ0) is 30.6. The van der Waals surface area contributed by atoms with Gasteiger partial charge in [-0.05, 0) is 48.5 Å². The predicted molar refractivity (Wildman–Crippen MR) is 189 cm³/mol. The van der Waals surface area contributed by atoms with E-state index < -0.39 is 0 Å². The van der Waals surface area contributed by atoms with Gasteiger partial charge in [-0.25, -0.2) is 19.9 Å². The van der Waals surface area contributed by atoms with E-state index in [0.29, 0.717) is 5.95 Å². The van der Waals surface area contributed by atoms with E-state index in [1.54, 1.807) is 0 Å². The van der Waals surface area contributed by atoms with Crippen molar-refractivity contribution < 1.29 is 0 Å². The van der Waals surface area contributed by atoms with E-state index in [1.165, 1.54) is 0 Å². The second-order valence-electron chi connectivity index (χ2n) is 12.0. The minimum atomic E-state index is 0.631. The maximum Gasteiger partial charge on any atom is 0.235 e. The highest BCUT2D eigenvalue weighted by Gasteiger charge is 2.22. The summed E-state index contributed by atoms with van der Waals surface area (Å²) >= 11 is 0. The van der Waals surface area contributed by atoms with E-state index in [4.69, 9.17) is 19.9 Å². The normalized spacial score (nSPS) is 12.3. The number of hydrogen-bond donors (Lipinski definition) is 0. The van der Waals surface area contributed by atoms with Crippen molar-refractivity contribution in [2.75, 3.05) is 0 Å². The first kappa shape index (κ1) is 24.7. The van der Waals surface area contributed by atoms with Crippen LogP contribution >= 0.6 is 0 Å². The van der Waals surface area contributed by atoms with E-state index in [9.17, 15) is 0 Å². The van der Waals surface area contributed by atoms with Gasteiger partial charge in [0.1, 0.15) is 5.65 Å². The molecular formula is C40H23N7. The van der Waals surface area contributed by atoms with Crippen LogP contribution in [0.25, 0.3) is 94.3 Å². The molecule has 0 amide bonds. The van der Waals surface area contributed by atoms with Crippen LogP contribution in [0.4, 0.5) is 0 Å². The van der Waals surface area contributed by atoms with Crippen molar-refractivity contribution in [3.8, 4) is 17.2 Å². The summed E-state index contributed by atoms with van der Waals surface area (Å²) in [5, 5.41) is 4.30. The van der Waals surface area contributed by atoms with Crippen molar-refractivity contribution in [3.05, 3.63) is 140 Å². The molecule has 11 rings (SSSR count). The fourth-order valence-corrected chi connectivity index (χ4v) is 7.37. The summed E-state index contributed by atoms with van der Waals surface area (Å²) in [6.45, 7) is 0. The Morgan fingerprint density at radius 1 is 0.383 bits per heavy atom. The summed E-state index contributed by atoms with van der Waals surface area (Å²) in [5.41, 5.74) is 10.8. The molecule has 0 aliphatic carbocycles. The molecule has 0 spiro atoms. The van der Waals surface area contributed by atoms with E-state index in [-0.39, 0.29) is 0 Å². The zero-order valence-electron chi connectivity index (χ0n) is 24.9. The molecule has 0 fully saturated rings. The van der Waals surface area contributed by atoms with Crippen LogP contribution in [0.1, 0.15) is 0 Å². The molecule has 0 atom stereocenters. The summed E-state index contributed by atoms with van der Waals surface area (Å²) in [7, 11) is 0. The van der Waals surface area contributed by atoms with Gasteiger partial charge in [-0.15, -0.1) is 0 Å². The summed E-state index contributed by atoms with van der Waals surface area (Å²) in [6, 6.07) is 48.3. The summed E-state index contributed by atoms with van der Waals surface area (Å²) in [4.78, 5) is 20.8. The van der Waals surface area contributed by atoms with Crippen LogP contribution < -0.4 is 0 Å². The van der Waals surface area contributed by atoms with Gasteiger partial charge >= 0.3 is 0 Å². The monoisotopic (exact) mass is 601 g/mol. The maximum absolute atomic E-state index is 5.29. The van der Waals surface area contributed by atoms with Gasteiger partial charge < -0.3 is 0 Å². The van der Waals surface area contributed by atoms with E-state index >= 15 is 0 Å². The Labute approximate surface area is 266 Å². The second-order valence-corrected chi connectivity index (χ2v) is 12.0. The smallest absolute Gasteiger partial charge is 0.235 e. The highest BCUT2D eigenvalue weighted by Crippen LogP contribution is 2.38. The Bertz CT molecular complexity index is 3080. The van der Waals surface area contributed by atoms with E-state index in [1.807, 2.05) is 30.3 Å². The molecule has 0 bridgehead atoms. The topological polar surface area (TPSA) is 65.3 Å². The minimum absolute atomic E-state index is 0.631. The molecule has 218 valence electrons. The number of benzene rings is 6. The lowest BCUT2D eigenvalue weighted by atomic mass is 10.1. The summed E-state index contributed by atoms with van der Waals surface area (Å²) in [6.07, 6.45) is 0. The lowest BCUT2D eigenvalue weighted by Gasteiger charge is -2.12. The minimum Gasteiger partial charge on any atom is -0.278 e. The largest absolute Gasteiger partial charge is 0.278 e. The average Bonchev–Trinajstić information content (AvgIpc) is 3.81. The Kier molecular flexibility index (Phi) is 4.72. The first-order valence-electron chi connectivity index (χ1n) is 15.7. The van der Waals surface area contributed by atoms with Crippen molar-refractivity contribution in [3.63, 3.8) is 0 Å². The molecule has 6 aromatic carbocycles. The molecule has 0 unspecified atom stereocenters. The van der Waals surface area contributed by atoms with Crippen LogP contribution in [0, 0.1) is 0 Å². The molecule has 0 aliphatic heterocycles. The standard InChI is InChI=1S/C40H23N7/c1-2-12-24(13-3-1)37-26-15-4-6-16-29(26)42-39(44-37)45-32-19-9-5-14-25(32)27-22-36-28(23-35(27)45)38-41-30-17-7-11-21-34(30)47(38)40-43-31-18-8-10-20-33(31)46(36)40/h1-23H. The Morgan fingerprint density at radius 3 is 1.81 bits per heavy atom. The first-order chi connectivity index (χ1) is 23.3. The van der Waals surface area contributed by atoms with Crippen LogP contribution in [0.2, 0.25) is 0 Å². The molecule has 47 heavy (non-hydrogen) atoms. The first-order valence-corrected chi connectivity index (χ1v) is 15.7. The van der Waals surface area contributed by atoms with Gasteiger partial charge in [0.05, 0.1) is 49.8 Å². The quantitative estimate of drug-likeness (QED) is 0.198. The van der Waals surface area contributed by atoms with Gasteiger partial charge in [0, 0.05) is 27.1 Å². The van der Waals surface area contributed by atoms with Crippen LogP contribution in [0.5, 0.6) is 0 Å². The molecule has 0 N–H and O–H groups in total. The predicted octanol–water partition coefficient (Wildman–Crippen LogP) is 9.15. The molecule has 7 nitrogen and oxygen atoms in total. The van der Waals surface area contributed by atoms with Gasteiger partial charge in [-0.1, -0.05) is 91.0 Å².